The van der Waals surface area contributed by atoms with Crippen molar-refractivity contribution in [3.8, 4) is 0 Å². The number of amides is 2. The summed E-state index contributed by atoms with van der Waals surface area (Å²) >= 11 is 0. The monoisotopic (exact) mass is 418 g/mol. The van der Waals surface area contributed by atoms with E-state index in [-0.39, 0.29) is 23.8 Å². The topological polar surface area (TPSA) is 67.2 Å². The number of likely N-dealkylation sites (tertiary alicyclic amines) is 1. The molecule has 1 aliphatic heterocycles. The van der Waals surface area contributed by atoms with E-state index in [1.54, 1.807) is 0 Å². The fourth-order valence-electron chi connectivity index (χ4n) is 4.41. The van der Waals surface area contributed by atoms with Crippen LogP contribution in [0.2, 0.25) is 0 Å². The third kappa shape index (κ3) is 4.48. The van der Waals surface area contributed by atoms with E-state index in [1.807, 2.05) is 78.0 Å². The van der Waals surface area contributed by atoms with Crippen LogP contribution < -0.4 is 5.32 Å². The van der Waals surface area contributed by atoms with Crippen molar-refractivity contribution in [3.05, 3.63) is 66.0 Å². The van der Waals surface area contributed by atoms with Crippen LogP contribution >= 0.6 is 0 Å². The first-order valence-corrected chi connectivity index (χ1v) is 11.1. The quantitative estimate of drug-likeness (QED) is 0.662. The summed E-state index contributed by atoms with van der Waals surface area (Å²) in [6.07, 6.45) is 3.03. The zero-order valence-electron chi connectivity index (χ0n) is 18.3. The molecule has 1 saturated heterocycles. The van der Waals surface area contributed by atoms with Crippen molar-refractivity contribution in [1.82, 2.24) is 19.8 Å². The fourth-order valence-corrected chi connectivity index (χ4v) is 4.41. The van der Waals surface area contributed by atoms with Crippen LogP contribution in [0.25, 0.3) is 11.0 Å². The van der Waals surface area contributed by atoms with Gasteiger partial charge in [-0.3, -0.25) is 9.59 Å². The number of piperidine rings is 1. The number of hydrogen-bond acceptors (Lipinski definition) is 3. The van der Waals surface area contributed by atoms with Gasteiger partial charge in [-0.1, -0.05) is 49.4 Å². The summed E-state index contributed by atoms with van der Waals surface area (Å²) in [6.45, 7) is 3.25. The van der Waals surface area contributed by atoms with Crippen LogP contribution in [-0.2, 0) is 16.6 Å². The zero-order valence-corrected chi connectivity index (χ0v) is 18.3. The number of aromatic nitrogens is 2. The molecule has 1 N–H and O–H groups in total. The maximum absolute atomic E-state index is 13.3. The predicted octanol–water partition coefficient (Wildman–Crippen LogP) is 3.82. The molecule has 2 heterocycles. The molecule has 0 radical (unpaired) electrons. The summed E-state index contributed by atoms with van der Waals surface area (Å²) < 4.78 is 2.05. The highest BCUT2D eigenvalue weighted by Crippen LogP contribution is 2.26. The van der Waals surface area contributed by atoms with E-state index in [1.165, 1.54) is 0 Å². The van der Waals surface area contributed by atoms with Crippen molar-refractivity contribution in [2.45, 2.75) is 38.6 Å². The lowest BCUT2D eigenvalue weighted by molar-refractivity contribution is -0.135. The van der Waals surface area contributed by atoms with Crippen LogP contribution in [0.1, 0.15) is 50.0 Å². The molecule has 6 heteroatoms. The Kier molecular flexibility index (Phi) is 6.35. The number of nitrogens with one attached hydrogen (secondary N) is 1. The Morgan fingerprint density at radius 2 is 1.87 bits per heavy atom. The van der Waals surface area contributed by atoms with E-state index in [0.717, 1.165) is 48.2 Å². The summed E-state index contributed by atoms with van der Waals surface area (Å²) in [5.41, 5.74) is 2.93. The molecule has 2 atom stereocenters. The molecule has 3 aromatic rings. The highest BCUT2D eigenvalue weighted by atomic mass is 16.2. The van der Waals surface area contributed by atoms with Gasteiger partial charge in [0, 0.05) is 26.6 Å². The molecule has 2 aromatic carbocycles. The summed E-state index contributed by atoms with van der Waals surface area (Å²) in [5.74, 6) is 0.732. The van der Waals surface area contributed by atoms with Crippen LogP contribution in [-0.4, -0.2) is 39.4 Å². The predicted molar refractivity (Wildman–Crippen MR) is 121 cm³/mol. The number of carbonyl (C=O) groups is 2. The van der Waals surface area contributed by atoms with Gasteiger partial charge in [-0.05, 0) is 37.0 Å². The molecular formula is C25H30N4O2. The average molecular weight is 419 g/mol. The molecule has 2 amide bonds. The van der Waals surface area contributed by atoms with Gasteiger partial charge < -0.3 is 14.8 Å². The lowest BCUT2D eigenvalue weighted by atomic mass is 9.95. The molecule has 1 fully saturated rings. The van der Waals surface area contributed by atoms with Gasteiger partial charge >= 0.3 is 0 Å². The summed E-state index contributed by atoms with van der Waals surface area (Å²) in [4.78, 5) is 32.4. The van der Waals surface area contributed by atoms with Gasteiger partial charge in [0.2, 0.25) is 11.8 Å². The molecule has 31 heavy (non-hydrogen) atoms. The third-order valence-corrected chi connectivity index (χ3v) is 6.11. The molecule has 0 saturated carbocycles. The van der Waals surface area contributed by atoms with Crippen LogP contribution in [0.3, 0.4) is 0 Å². The Hall–Kier alpha value is -3.15. The average Bonchev–Trinajstić information content (AvgIpc) is 3.14. The van der Waals surface area contributed by atoms with Crippen molar-refractivity contribution in [1.29, 1.82) is 0 Å². The van der Waals surface area contributed by atoms with E-state index in [2.05, 4.69) is 5.32 Å². The van der Waals surface area contributed by atoms with Gasteiger partial charge in [0.1, 0.15) is 11.9 Å². The summed E-state index contributed by atoms with van der Waals surface area (Å²) in [5, 5.41) is 3.25. The number of fused-ring (bicyclic) bond motifs is 1. The standard InChI is InChI=1S/C25H30N4O2/c1-3-10-22(30)29-16-9-13-19(17-29)25(31)27-23(18-11-5-4-6-12-18)24-26-20-14-7-8-15-21(20)28(24)2/h4-8,11-12,14-15,19,23H,3,9-10,13,16-17H2,1-2H3,(H,27,31). The fraction of sp³-hybridized carbons (Fsp3) is 0.400. The number of imidazole rings is 1. The molecule has 0 bridgehead atoms. The normalized spacial score (nSPS) is 17.5. The molecule has 1 aromatic heterocycles. The molecule has 0 spiro atoms. The number of hydrogen-bond donors (Lipinski definition) is 1. The smallest absolute Gasteiger partial charge is 0.225 e. The van der Waals surface area contributed by atoms with Gasteiger partial charge in [-0.15, -0.1) is 0 Å². The van der Waals surface area contributed by atoms with E-state index >= 15 is 0 Å². The minimum Gasteiger partial charge on any atom is -0.342 e. The van der Waals surface area contributed by atoms with Gasteiger partial charge in [-0.25, -0.2) is 4.98 Å². The van der Waals surface area contributed by atoms with Gasteiger partial charge in [0.05, 0.1) is 17.0 Å². The first-order valence-electron chi connectivity index (χ1n) is 11.1. The first kappa shape index (κ1) is 21.1. The second kappa shape index (κ2) is 9.33. The summed E-state index contributed by atoms with van der Waals surface area (Å²) in [7, 11) is 1.98. The Morgan fingerprint density at radius 1 is 1.13 bits per heavy atom. The third-order valence-electron chi connectivity index (χ3n) is 6.11. The SMILES string of the molecule is CCCC(=O)N1CCCC(C(=O)NC(c2ccccc2)c2nc3ccccc3n2C)C1. The van der Waals surface area contributed by atoms with E-state index < -0.39 is 0 Å². The molecule has 4 rings (SSSR count). The van der Waals surface area contributed by atoms with Gasteiger partial charge in [-0.2, -0.15) is 0 Å². The van der Waals surface area contributed by atoms with Crippen molar-refractivity contribution in [3.63, 3.8) is 0 Å². The maximum Gasteiger partial charge on any atom is 0.225 e. The number of benzene rings is 2. The first-order chi connectivity index (χ1) is 15.1. The Balaban J connectivity index is 1.60. The Labute approximate surface area is 183 Å². The molecule has 2 unspecified atom stereocenters. The lowest BCUT2D eigenvalue weighted by Gasteiger charge is -2.33. The second-order valence-corrected chi connectivity index (χ2v) is 8.30. The minimum absolute atomic E-state index is 0.0186. The molecule has 6 nitrogen and oxygen atoms in total. The molecular weight excluding hydrogens is 388 g/mol. The van der Waals surface area contributed by atoms with Crippen molar-refractivity contribution >= 4 is 22.8 Å². The minimum atomic E-state index is -0.354. The van der Waals surface area contributed by atoms with Crippen LogP contribution in [0, 0.1) is 5.92 Å². The molecule has 1 aliphatic rings. The largest absolute Gasteiger partial charge is 0.342 e. The van der Waals surface area contributed by atoms with Gasteiger partial charge in [0.15, 0.2) is 0 Å². The number of rotatable bonds is 6. The van der Waals surface area contributed by atoms with Gasteiger partial charge in [0.25, 0.3) is 0 Å². The number of carbonyl (C=O) groups excluding carboxylic acids is 2. The van der Waals surface area contributed by atoms with Crippen LogP contribution in [0.15, 0.2) is 54.6 Å². The van der Waals surface area contributed by atoms with E-state index in [4.69, 9.17) is 4.98 Å². The van der Waals surface area contributed by atoms with Crippen molar-refractivity contribution in [2.24, 2.45) is 13.0 Å². The lowest BCUT2D eigenvalue weighted by Crippen LogP contribution is -2.46. The van der Waals surface area contributed by atoms with Crippen molar-refractivity contribution < 1.29 is 9.59 Å². The van der Waals surface area contributed by atoms with Crippen LogP contribution in [0.5, 0.6) is 0 Å². The number of para-hydroxylation sites is 2. The van der Waals surface area contributed by atoms with E-state index in [0.29, 0.717) is 13.0 Å². The highest BCUT2D eigenvalue weighted by Gasteiger charge is 2.31. The molecule has 0 aliphatic carbocycles. The summed E-state index contributed by atoms with van der Waals surface area (Å²) in [6, 6.07) is 17.6. The second-order valence-electron chi connectivity index (χ2n) is 8.30. The molecule has 162 valence electrons. The zero-order chi connectivity index (χ0) is 21.8. The number of aryl methyl sites for hydroxylation is 1. The Bertz CT molecular complexity index is 1060. The van der Waals surface area contributed by atoms with E-state index in [9.17, 15) is 9.59 Å². The van der Waals surface area contributed by atoms with Crippen molar-refractivity contribution in [2.75, 3.05) is 13.1 Å². The number of nitrogens with zero attached hydrogens (tertiary/aromatic N) is 3. The van der Waals surface area contributed by atoms with Crippen LogP contribution in [0.4, 0.5) is 0 Å². The Morgan fingerprint density at radius 3 is 2.61 bits per heavy atom. The highest BCUT2D eigenvalue weighted by molar-refractivity contribution is 5.82. The maximum atomic E-state index is 13.3.